The van der Waals surface area contributed by atoms with Crippen LogP contribution in [0, 0.1) is 5.92 Å². The molecule has 1 aromatic carbocycles. The quantitative estimate of drug-likeness (QED) is 0.640. The molecule has 0 amide bonds. The molecule has 0 aromatic heterocycles. The van der Waals surface area contributed by atoms with E-state index in [-0.39, 0.29) is 40.6 Å². The van der Waals surface area contributed by atoms with Crippen LogP contribution in [0.15, 0.2) is 30.3 Å². The number of carbonyl (C=O) groups is 2. The molecule has 0 radical (unpaired) electrons. The fraction of sp³-hybridized carbons (Fsp3) is 0.333. The summed E-state index contributed by atoms with van der Waals surface area (Å²) in [7, 11) is 0. The molecule has 0 unspecified atom stereocenters. The summed E-state index contributed by atoms with van der Waals surface area (Å²) in [6.45, 7) is 3.18. The fourth-order valence-corrected chi connectivity index (χ4v) is 1.87. The van der Waals surface area contributed by atoms with Crippen LogP contribution in [0.5, 0.6) is 0 Å². The number of benzene rings is 1. The van der Waals surface area contributed by atoms with Gasteiger partial charge < -0.3 is 13.1 Å². The molecule has 0 fully saturated rings. The maximum absolute atomic E-state index is 11.3. The third-order valence-electron chi connectivity index (χ3n) is 2.77. The molecule has 0 aliphatic heterocycles. The first-order valence-electron chi connectivity index (χ1n) is 4.96. The molecular weight excluding hydrogens is 248 g/mol. The summed E-state index contributed by atoms with van der Waals surface area (Å²) in [5.74, 6) is -3.20. The Hall–Kier alpha value is -0.580. The number of aliphatic carboxylic acids is 2. The molecule has 1 rings (SSSR count). The van der Waals surface area contributed by atoms with E-state index in [2.05, 4.69) is 0 Å². The molecule has 17 heavy (non-hydrogen) atoms. The minimum Gasteiger partial charge on any atom is -1.00 e. The average molecular weight is 264 g/mol. The number of hydrogen-bond donors (Lipinski definition) is 2. The van der Waals surface area contributed by atoms with Gasteiger partial charge in [0.25, 0.3) is 0 Å². The van der Waals surface area contributed by atoms with Crippen LogP contribution in [0.1, 0.15) is 22.3 Å². The van der Waals surface area contributed by atoms with E-state index < -0.39 is 23.3 Å². The van der Waals surface area contributed by atoms with E-state index >= 15 is 0 Å². The zero-order chi connectivity index (χ0) is 12.3. The van der Waals surface area contributed by atoms with Gasteiger partial charge in [-0.05, 0) is 11.5 Å². The summed E-state index contributed by atoms with van der Waals surface area (Å²) in [6.07, 6.45) is 0. The van der Waals surface area contributed by atoms with Crippen molar-refractivity contribution in [2.75, 3.05) is 0 Å². The maximum Gasteiger partial charge on any atom is 2.00 e. The van der Waals surface area contributed by atoms with Crippen LogP contribution in [0.25, 0.3) is 0 Å². The van der Waals surface area contributed by atoms with Crippen LogP contribution < -0.4 is 0 Å². The van der Waals surface area contributed by atoms with Crippen molar-refractivity contribution >= 4 is 49.7 Å². The van der Waals surface area contributed by atoms with Gasteiger partial charge in [0, 0.05) is 0 Å². The summed E-state index contributed by atoms with van der Waals surface area (Å²) in [6, 6.07) is 8.06. The molecule has 0 atom stereocenters. The van der Waals surface area contributed by atoms with Crippen LogP contribution in [0.2, 0.25) is 0 Å². The molecule has 0 spiro atoms. The van der Waals surface area contributed by atoms with Gasteiger partial charge in [0.15, 0.2) is 5.41 Å². The van der Waals surface area contributed by atoms with Gasteiger partial charge in [-0.1, -0.05) is 44.2 Å². The first-order chi connectivity index (χ1) is 7.44. The smallest absolute Gasteiger partial charge is 1.00 e. The Morgan fingerprint density at radius 1 is 1.12 bits per heavy atom. The van der Waals surface area contributed by atoms with Crippen LogP contribution in [0.3, 0.4) is 0 Å². The molecule has 0 saturated carbocycles. The van der Waals surface area contributed by atoms with Crippen molar-refractivity contribution in [1.82, 2.24) is 0 Å². The standard InChI is InChI=1S/C12H14O4.Ca.2H/c1-8(2)12(10(13)14,11(15)16)9-6-4-3-5-7-9;;;/h3-8H,1-2H3,(H,13,14)(H,15,16);;;/q;+2;2*-1. The molecule has 2 N–H and O–H groups in total. The Morgan fingerprint density at radius 2 is 1.53 bits per heavy atom. The van der Waals surface area contributed by atoms with Crippen molar-refractivity contribution in [3.05, 3.63) is 35.9 Å². The molecule has 90 valence electrons. The maximum atomic E-state index is 11.3. The van der Waals surface area contributed by atoms with Gasteiger partial charge in [-0.3, -0.25) is 9.59 Å². The van der Waals surface area contributed by atoms with Crippen LogP contribution in [-0.4, -0.2) is 59.9 Å². The van der Waals surface area contributed by atoms with Gasteiger partial charge in [0.1, 0.15) is 0 Å². The van der Waals surface area contributed by atoms with Gasteiger partial charge in [-0.25, -0.2) is 0 Å². The minimum absolute atomic E-state index is 0. The van der Waals surface area contributed by atoms with E-state index in [1.807, 2.05) is 0 Å². The average Bonchev–Trinajstić information content (AvgIpc) is 2.18. The summed E-state index contributed by atoms with van der Waals surface area (Å²) in [5.41, 5.74) is -1.58. The van der Waals surface area contributed by atoms with Gasteiger partial charge in [-0.15, -0.1) is 0 Å². The predicted molar refractivity (Wildman–Crippen MR) is 66.2 cm³/mol. The van der Waals surface area contributed by atoms with Crippen LogP contribution in [0.4, 0.5) is 0 Å². The van der Waals surface area contributed by atoms with Crippen molar-refractivity contribution in [3.63, 3.8) is 0 Å². The monoisotopic (exact) mass is 264 g/mol. The first-order valence-corrected chi connectivity index (χ1v) is 4.96. The molecule has 4 nitrogen and oxygen atoms in total. The molecular formula is C12H16CaO4. The Balaban J connectivity index is -0.000000853. The van der Waals surface area contributed by atoms with Gasteiger partial charge in [-0.2, -0.15) is 0 Å². The summed E-state index contributed by atoms with van der Waals surface area (Å²) in [4.78, 5) is 22.6. The second-order valence-electron chi connectivity index (χ2n) is 3.94. The third-order valence-corrected chi connectivity index (χ3v) is 2.77. The fourth-order valence-electron chi connectivity index (χ4n) is 1.87. The third kappa shape index (κ3) is 2.81. The van der Waals surface area contributed by atoms with Gasteiger partial charge in [0.05, 0.1) is 0 Å². The zero-order valence-electron chi connectivity index (χ0n) is 11.9. The minimum atomic E-state index is -1.87. The first kappa shape index (κ1) is 16.4. The van der Waals surface area contributed by atoms with Crippen molar-refractivity contribution in [3.8, 4) is 0 Å². The molecule has 0 bridgehead atoms. The molecule has 0 aliphatic rings. The van der Waals surface area contributed by atoms with Gasteiger partial charge in [0.2, 0.25) is 0 Å². The molecule has 0 aliphatic carbocycles. The number of hydrogen-bond acceptors (Lipinski definition) is 2. The molecule has 0 saturated heterocycles. The Bertz CT molecular complexity index is 395. The van der Waals surface area contributed by atoms with E-state index in [0.29, 0.717) is 5.56 Å². The van der Waals surface area contributed by atoms with E-state index in [9.17, 15) is 19.8 Å². The second-order valence-corrected chi connectivity index (χ2v) is 3.94. The molecule has 1 aromatic rings. The topological polar surface area (TPSA) is 74.6 Å². The van der Waals surface area contributed by atoms with Crippen molar-refractivity contribution < 1.29 is 22.7 Å². The Labute approximate surface area is 133 Å². The number of carboxylic acids is 2. The molecule has 0 heterocycles. The van der Waals surface area contributed by atoms with Crippen LogP contribution in [-0.2, 0) is 15.0 Å². The normalized spacial score (nSPS) is 10.8. The van der Waals surface area contributed by atoms with Crippen molar-refractivity contribution in [2.45, 2.75) is 19.3 Å². The van der Waals surface area contributed by atoms with Crippen molar-refractivity contribution in [2.24, 2.45) is 5.92 Å². The SMILES string of the molecule is CC(C)C(C(=O)O)(C(=O)O)c1ccccc1.[Ca+2].[H-].[H-]. The van der Waals surface area contributed by atoms with Gasteiger partial charge >= 0.3 is 49.7 Å². The van der Waals surface area contributed by atoms with E-state index in [0.717, 1.165) is 0 Å². The summed E-state index contributed by atoms with van der Waals surface area (Å²) in [5, 5.41) is 18.5. The zero-order valence-corrected chi connectivity index (χ0v) is 12.1. The van der Waals surface area contributed by atoms with Crippen molar-refractivity contribution in [1.29, 1.82) is 0 Å². The Morgan fingerprint density at radius 3 is 1.82 bits per heavy atom. The number of carboxylic acid groups (broad SMARTS) is 2. The van der Waals surface area contributed by atoms with E-state index in [1.165, 1.54) is 12.1 Å². The predicted octanol–water partition coefficient (Wildman–Crippen LogP) is 1.59. The Kier molecular flexibility index (Phi) is 6.16. The number of rotatable bonds is 4. The summed E-state index contributed by atoms with van der Waals surface area (Å²) < 4.78 is 0. The van der Waals surface area contributed by atoms with Crippen LogP contribution >= 0.6 is 0 Å². The summed E-state index contributed by atoms with van der Waals surface area (Å²) >= 11 is 0. The largest absolute Gasteiger partial charge is 2.00 e. The second kappa shape index (κ2) is 6.38. The molecule has 5 heteroatoms. The van der Waals surface area contributed by atoms with E-state index in [4.69, 9.17) is 0 Å². The van der Waals surface area contributed by atoms with E-state index in [1.54, 1.807) is 32.0 Å².